The van der Waals surface area contributed by atoms with Gasteiger partial charge < -0.3 is 15.4 Å². The first-order valence-corrected chi connectivity index (χ1v) is 7.18. The predicted octanol–water partition coefficient (Wildman–Crippen LogP) is 2.31. The number of nitrogens with one attached hydrogen (secondary N) is 2. The molecular formula is C13H24F3N3O. The van der Waals surface area contributed by atoms with Crippen LogP contribution in [0.3, 0.4) is 0 Å². The van der Waals surface area contributed by atoms with Crippen LogP contribution in [0, 0.1) is 5.92 Å². The zero-order valence-corrected chi connectivity index (χ0v) is 11.9. The zero-order chi connectivity index (χ0) is 14.8. The topological polar surface area (TPSA) is 45.7 Å². The molecule has 1 fully saturated rings. The summed E-state index contributed by atoms with van der Waals surface area (Å²) in [4.78, 5) is 4.21. The fourth-order valence-electron chi connectivity index (χ4n) is 1.56. The second-order valence-corrected chi connectivity index (χ2v) is 4.92. The lowest BCUT2D eigenvalue weighted by Crippen LogP contribution is -2.39. The van der Waals surface area contributed by atoms with E-state index < -0.39 is 12.6 Å². The molecule has 2 N–H and O–H groups in total. The first-order valence-electron chi connectivity index (χ1n) is 7.18. The van der Waals surface area contributed by atoms with Crippen LogP contribution in [-0.2, 0) is 4.74 Å². The van der Waals surface area contributed by atoms with Crippen molar-refractivity contribution in [3.05, 3.63) is 0 Å². The van der Waals surface area contributed by atoms with E-state index in [1.807, 2.05) is 6.92 Å². The molecule has 7 heteroatoms. The summed E-state index contributed by atoms with van der Waals surface area (Å²) in [6.07, 6.45) is -1.68. The Hall–Kier alpha value is -0.980. The molecule has 0 aromatic rings. The summed E-state index contributed by atoms with van der Waals surface area (Å²) in [5, 5.41) is 5.59. The second kappa shape index (κ2) is 9.05. The highest BCUT2D eigenvalue weighted by Crippen LogP contribution is 2.28. The third-order valence-corrected chi connectivity index (χ3v) is 2.81. The highest BCUT2D eigenvalue weighted by Gasteiger charge is 2.26. The normalized spacial score (nSPS) is 16.3. The van der Waals surface area contributed by atoms with Crippen LogP contribution in [0.25, 0.3) is 0 Å². The molecule has 4 nitrogen and oxygen atoms in total. The molecule has 1 aliphatic rings. The van der Waals surface area contributed by atoms with Crippen molar-refractivity contribution in [2.24, 2.45) is 10.9 Å². The molecule has 0 unspecified atom stereocenters. The van der Waals surface area contributed by atoms with Gasteiger partial charge >= 0.3 is 6.18 Å². The van der Waals surface area contributed by atoms with Gasteiger partial charge in [-0.05, 0) is 32.1 Å². The molecule has 20 heavy (non-hydrogen) atoms. The molecule has 0 atom stereocenters. The summed E-state index contributed by atoms with van der Waals surface area (Å²) in [5.74, 6) is 1.18. The van der Waals surface area contributed by atoms with E-state index in [2.05, 4.69) is 15.6 Å². The van der Waals surface area contributed by atoms with E-state index in [0.717, 1.165) is 18.9 Å². The number of hydrogen-bond donors (Lipinski definition) is 2. The maximum Gasteiger partial charge on any atom is 0.390 e. The van der Waals surface area contributed by atoms with Crippen LogP contribution >= 0.6 is 0 Å². The Morgan fingerprint density at radius 3 is 2.65 bits per heavy atom. The summed E-state index contributed by atoms with van der Waals surface area (Å²) in [5.41, 5.74) is 0. The van der Waals surface area contributed by atoms with Gasteiger partial charge in [0.25, 0.3) is 0 Å². The molecule has 1 aliphatic carbocycles. The van der Waals surface area contributed by atoms with Gasteiger partial charge in [-0.3, -0.25) is 4.99 Å². The van der Waals surface area contributed by atoms with Crippen molar-refractivity contribution >= 4 is 5.96 Å². The van der Waals surface area contributed by atoms with Crippen LogP contribution < -0.4 is 10.6 Å². The fraction of sp³-hybridized carbons (Fsp3) is 0.923. The maximum absolute atomic E-state index is 12.0. The van der Waals surface area contributed by atoms with E-state index in [9.17, 15) is 13.2 Å². The van der Waals surface area contributed by atoms with Gasteiger partial charge in [0.1, 0.15) is 0 Å². The Morgan fingerprint density at radius 2 is 2.05 bits per heavy atom. The number of nitrogens with zero attached hydrogens (tertiary/aromatic N) is 1. The highest BCUT2D eigenvalue weighted by atomic mass is 19.4. The lowest BCUT2D eigenvalue weighted by atomic mass is 10.4. The van der Waals surface area contributed by atoms with Gasteiger partial charge in [0.05, 0.1) is 6.42 Å². The summed E-state index contributed by atoms with van der Waals surface area (Å²) < 4.78 is 41.6. The van der Waals surface area contributed by atoms with Gasteiger partial charge in [0.15, 0.2) is 5.96 Å². The fourth-order valence-corrected chi connectivity index (χ4v) is 1.56. The van der Waals surface area contributed by atoms with E-state index in [0.29, 0.717) is 25.7 Å². The highest BCUT2D eigenvalue weighted by molar-refractivity contribution is 5.79. The summed E-state index contributed by atoms with van der Waals surface area (Å²) in [6, 6.07) is 0. The van der Waals surface area contributed by atoms with Crippen molar-refractivity contribution in [3.63, 3.8) is 0 Å². The zero-order valence-electron chi connectivity index (χ0n) is 11.9. The Bertz CT molecular complexity index is 291. The van der Waals surface area contributed by atoms with Crippen molar-refractivity contribution < 1.29 is 17.9 Å². The molecule has 1 rings (SSSR count). The third kappa shape index (κ3) is 9.89. The van der Waals surface area contributed by atoms with Crippen molar-refractivity contribution in [2.45, 2.75) is 38.8 Å². The molecule has 0 aromatic carbocycles. The minimum Gasteiger partial charge on any atom is -0.381 e. The molecule has 118 valence electrons. The minimum absolute atomic E-state index is 0.159. The smallest absolute Gasteiger partial charge is 0.381 e. The van der Waals surface area contributed by atoms with E-state index in [-0.39, 0.29) is 6.54 Å². The lowest BCUT2D eigenvalue weighted by Gasteiger charge is -2.12. The van der Waals surface area contributed by atoms with Gasteiger partial charge in [-0.15, -0.1) is 0 Å². The van der Waals surface area contributed by atoms with E-state index in [4.69, 9.17) is 4.74 Å². The predicted molar refractivity (Wildman–Crippen MR) is 72.8 cm³/mol. The molecule has 0 spiro atoms. The van der Waals surface area contributed by atoms with Crippen LogP contribution in [0.15, 0.2) is 4.99 Å². The number of aliphatic imine (C=N–C) groups is 1. The average molecular weight is 295 g/mol. The molecule has 1 saturated carbocycles. The van der Waals surface area contributed by atoms with Gasteiger partial charge in [0, 0.05) is 32.8 Å². The Labute approximate surface area is 118 Å². The van der Waals surface area contributed by atoms with Gasteiger partial charge in [-0.1, -0.05) is 0 Å². The third-order valence-electron chi connectivity index (χ3n) is 2.81. The number of ether oxygens (including phenoxy) is 1. The van der Waals surface area contributed by atoms with Crippen molar-refractivity contribution in [1.82, 2.24) is 10.6 Å². The Morgan fingerprint density at radius 1 is 1.30 bits per heavy atom. The molecular weight excluding hydrogens is 271 g/mol. The van der Waals surface area contributed by atoms with Crippen LogP contribution in [0.5, 0.6) is 0 Å². The quantitative estimate of drug-likeness (QED) is 0.390. The van der Waals surface area contributed by atoms with Crippen molar-refractivity contribution in [3.8, 4) is 0 Å². The summed E-state index contributed by atoms with van der Waals surface area (Å²) in [7, 11) is 0. The number of halogens is 3. The number of alkyl halides is 3. The Kier molecular flexibility index (Phi) is 7.72. The molecule has 0 bridgehead atoms. The number of rotatable bonds is 9. The second-order valence-electron chi connectivity index (χ2n) is 4.92. The average Bonchev–Trinajstić information content (AvgIpc) is 3.16. The molecule has 0 saturated heterocycles. The summed E-state index contributed by atoms with van der Waals surface area (Å²) >= 11 is 0. The largest absolute Gasteiger partial charge is 0.390 e. The van der Waals surface area contributed by atoms with E-state index >= 15 is 0 Å². The van der Waals surface area contributed by atoms with Crippen LogP contribution in [0.2, 0.25) is 0 Å². The van der Waals surface area contributed by atoms with Crippen LogP contribution in [0.4, 0.5) is 13.2 Å². The van der Waals surface area contributed by atoms with Gasteiger partial charge in [-0.25, -0.2) is 0 Å². The summed E-state index contributed by atoms with van der Waals surface area (Å²) in [6.45, 7) is 4.37. The number of guanidine groups is 1. The lowest BCUT2D eigenvalue weighted by molar-refractivity contribution is -0.132. The molecule has 0 aromatic heterocycles. The van der Waals surface area contributed by atoms with E-state index in [1.165, 1.54) is 12.8 Å². The SMILES string of the molecule is CCNC(=NCCCOCC1CC1)NCCC(F)(F)F. The standard InChI is InChI=1S/C13H24F3N3O/c1-2-17-12(19-8-6-13(14,15)16)18-7-3-9-20-10-11-4-5-11/h11H,2-10H2,1H3,(H2,17,18,19). The first-order chi connectivity index (χ1) is 9.51. The van der Waals surface area contributed by atoms with Crippen molar-refractivity contribution in [2.75, 3.05) is 32.8 Å². The van der Waals surface area contributed by atoms with E-state index in [1.54, 1.807) is 0 Å². The van der Waals surface area contributed by atoms with Gasteiger partial charge in [-0.2, -0.15) is 13.2 Å². The minimum atomic E-state index is -4.14. The molecule has 0 amide bonds. The molecule has 0 radical (unpaired) electrons. The maximum atomic E-state index is 12.0. The number of hydrogen-bond acceptors (Lipinski definition) is 2. The monoisotopic (exact) mass is 295 g/mol. The Balaban J connectivity index is 2.09. The van der Waals surface area contributed by atoms with Crippen LogP contribution in [-0.4, -0.2) is 45.0 Å². The van der Waals surface area contributed by atoms with Crippen molar-refractivity contribution in [1.29, 1.82) is 0 Å². The van der Waals surface area contributed by atoms with Gasteiger partial charge in [0.2, 0.25) is 0 Å². The molecule has 0 aliphatic heterocycles. The molecule has 0 heterocycles. The first kappa shape index (κ1) is 17.1. The van der Waals surface area contributed by atoms with Crippen LogP contribution in [0.1, 0.15) is 32.6 Å².